The van der Waals surface area contributed by atoms with Gasteiger partial charge < -0.3 is 0 Å². The van der Waals surface area contributed by atoms with Gasteiger partial charge in [-0.2, -0.15) is 0 Å². The maximum atomic E-state index is 2.34. The summed E-state index contributed by atoms with van der Waals surface area (Å²) < 4.78 is 0. The van der Waals surface area contributed by atoms with Crippen molar-refractivity contribution >= 4 is 16.3 Å². The van der Waals surface area contributed by atoms with Crippen LogP contribution in [0.3, 0.4) is 0 Å². The van der Waals surface area contributed by atoms with Crippen LogP contribution in [0.5, 0.6) is 0 Å². The number of fused-ring (bicyclic) bond motifs is 2. The summed E-state index contributed by atoms with van der Waals surface area (Å²) in [7, 11) is 0. The Bertz CT molecular complexity index is 847. The molecule has 0 saturated heterocycles. The molecule has 0 atom stereocenters. The Balaban J connectivity index is 2.03. The minimum Gasteiger partial charge on any atom is -0.0619 e. The van der Waals surface area contributed by atoms with Gasteiger partial charge in [-0.1, -0.05) is 79.2 Å². The Hall–Kier alpha value is -2.34. The molecule has 21 heavy (non-hydrogen) atoms. The molecule has 0 amide bonds. The number of hydrogen-bond donors (Lipinski definition) is 0. The van der Waals surface area contributed by atoms with Crippen LogP contribution in [0.1, 0.15) is 30.0 Å². The SMILES string of the molecule is CCC1=C(c2cccc3ccccc23)c2ccccc2[CH]1. The van der Waals surface area contributed by atoms with E-state index < -0.39 is 0 Å². The monoisotopic (exact) mass is 269 g/mol. The number of allylic oxidation sites excluding steroid dienone is 1. The third kappa shape index (κ3) is 1.91. The van der Waals surface area contributed by atoms with Crippen molar-refractivity contribution in [1.82, 2.24) is 0 Å². The van der Waals surface area contributed by atoms with Gasteiger partial charge in [0.05, 0.1) is 0 Å². The summed E-state index contributed by atoms with van der Waals surface area (Å²) in [4.78, 5) is 0. The first-order chi connectivity index (χ1) is 10.4. The Morgan fingerprint density at radius 1 is 0.714 bits per heavy atom. The first-order valence-corrected chi connectivity index (χ1v) is 7.54. The average Bonchev–Trinajstić information content (AvgIpc) is 2.92. The number of rotatable bonds is 2. The minimum atomic E-state index is 1.06. The predicted octanol–water partition coefficient (Wildman–Crippen LogP) is 5.62. The zero-order valence-electron chi connectivity index (χ0n) is 12.1. The smallest absolute Gasteiger partial charge is 0.0170 e. The van der Waals surface area contributed by atoms with Gasteiger partial charge in [-0.3, -0.25) is 0 Å². The lowest BCUT2D eigenvalue weighted by Crippen LogP contribution is -1.90. The van der Waals surface area contributed by atoms with Crippen molar-refractivity contribution < 1.29 is 0 Å². The maximum Gasteiger partial charge on any atom is 0.0170 e. The van der Waals surface area contributed by atoms with Crippen molar-refractivity contribution in [3.05, 3.63) is 95.4 Å². The van der Waals surface area contributed by atoms with Crippen molar-refractivity contribution in [3.8, 4) is 0 Å². The predicted molar refractivity (Wildman–Crippen MR) is 90.1 cm³/mol. The number of hydrogen-bond acceptors (Lipinski definition) is 0. The molecule has 0 aromatic heterocycles. The Kier molecular flexibility index (Phi) is 2.89. The van der Waals surface area contributed by atoms with Crippen LogP contribution in [-0.4, -0.2) is 0 Å². The quantitative estimate of drug-likeness (QED) is 0.566. The highest BCUT2D eigenvalue weighted by molar-refractivity contribution is 6.01. The second kappa shape index (κ2) is 4.89. The summed E-state index contributed by atoms with van der Waals surface area (Å²) in [5, 5.41) is 2.65. The molecule has 3 aromatic carbocycles. The van der Waals surface area contributed by atoms with Gasteiger partial charge in [-0.05, 0) is 39.5 Å². The molecule has 0 spiro atoms. The van der Waals surface area contributed by atoms with Gasteiger partial charge in [-0.25, -0.2) is 0 Å². The Morgan fingerprint density at radius 3 is 2.33 bits per heavy atom. The van der Waals surface area contributed by atoms with E-state index in [9.17, 15) is 0 Å². The van der Waals surface area contributed by atoms with Crippen LogP contribution < -0.4 is 0 Å². The van der Waals surface area contributed by atoms with Gasteiger partial charge >= 0.3 is 0 Å². The van der Waals surface area contributed by atoms with Gasteiger partial charge in [0, 0.05) is 6.42 Å². The molecule has 1 radical (unpaired) electrons. The zero-order valence-corrected chi connectivity index (χ0v) is 12.1. The van der Waals surface area contributed by atoms with E-state index in [4.69, 9.17) is 0 Å². The van der Waals surface area contributed by atoms with Crippen LogP contribution in [0.15, 0.2) is 72.3 Å². The molecule has 4 rings (SSSR count). The van der Waals surface area contributed by atoms with E-state index in [1.54, 1.807) is 0 Å². The zero-order chi connectivity index (χ0) is 14.2. The lowest BCUT2D eigenvalue weighted by atomic mass is 9.92. The van der Waals surface area contributed by atoms with Gasteiger partial charge in [0.25, 0.3) is 0 Å². The van der Waals surface area contributed by atoms with Crippen LogP contribution in [0.4, 0.5) is 0 Å². The van der Waals surface area contributed by atoms with E-state index >= 15 is 0 Å². The third-order valence-electron chi connectivity index (χ3n) is 4.32. The standard InChI is InChI=1S/C21H17/c1-2-15-14-17-9-4-6-12-19(17)21(15)20-13-7-10-16-8-3-5-11-18(16)20/h3-14H,2H2,1H3. The number of benzene rings is 3. The van der Waals surface area contributed by atoms with Crippen LogP contribution in [0.2, 0.25) is 0 Å². The van der Waals surface area contributed by atoms with Crippen LogP contribution in [-0.2, 0) is 0 Å². The fraction of sp³-hybridized carbons (Fsp3) is 0.0952. The van der Waals surface area contributed by atoms with Gasteiger partial charge in [0.15, 0.2) is 0 Å². The van der Waals surface area contributed by atoms with E-state index in [0.29, 0.717) is 0 Å². The first kappa shape index (κ1) is 12.4. The molecule has 0 aliphatic heterocycles. The fourth-order valence-corrected chi connectivity index (χ4v) is 3.32. The molecule has 1 aliphatic rings. The van der Waals surface area contributed by atoms with Crippen molar-refractivity contribution in [2.45, 2.75) is 13.3 Å². The van der Waals surface area contributed by atoms with E-state index in [-0.39, 0.29) is 0 Å². The minimum absolute atomic E-state index is 1.06. The van der Waals surface area contributed by atoms with E-state index in [0.717, 1.165) is 6.42 Å². The molecule has 0 unspecified atom stereocenters. The molecule has 101 valence electrons. The maximum absolute atomic E-state index is 2.34. The molecular formula is C21H17. The van der Waals surface area contributed by atoms with Gasteiger partial charge in [-0.15, -0.1) is 0 Å². The largest absolute Gasteiger partial charge is 0.0619 e. The molecular weight excluding hydrogens is 252 g/mol. The van der Waals surface area contributed by atoms with Crippen LogP contribution >= 0.6 is 0 Å². The lowest BCUT2D eigenvalue weighted by Gasteiger charge is -2.11. The van der Waals surface area contributed by atoms with E-state index in [2.05, 4.69) is 80.1 Å². The second-order valence-electron chi connectivity index (χ2n) is 5.51. The highest BCUT2D eigenvalue weighted by Crippen LogP contribution is 2.41. The highest BCUT2D eigenvalue weighted by Gasteiger charge is 2.22. The fourth-order valence-electron chi connectivity index (χ4n) is 3.32. The van der Waals surface area contributed by atoms with E-state index in [1.807, 2.05) is 0 Å². The van der Waals surface area contributed by atoms with Crippen LogP contribution in [0, 0.1) is 6.42 Å². The van der Waals surface area contributed by atoms with Crippen molar-refractivity contribution in [2.75, 3.05) is 0 Å². The molecule has 0 N–H and O–H groups in total. The van der Waals surface area contributed by atoms with Crippen molar-refractivity contribution in [2.24, 2.45) is 0 Å². The lowest BCUT2D eigenvalue weighted by molar-refractivity contribution is 1.13. The molecule has 0 bridgehead atoms. The highest BCUT2D eigenvalue weighted by atomic mass is 14.3. The molecule has 0 nitrogen and oxygen atoms in total. The summed E-state index contributed by atoms with van der Waals surface area (Å²) in [6.07, 6.45) is 3.40. The summed E-state index contributed by atoms with van der Waals surface area (Å²) in [5.74, 6) is 0. The third-order valence-corrected chi connectivity index (χ3v) is 4.32. The summed E-state index contributed by atoms with van der Waals surface area (Å²) in [6, 6.07) is 24.0. The first-order valence-electron chi connectivity index (χ1n) is 7.54. The summed E-state index contributed by atoms with van der Waals surface area (Å²) in [5.41, 5.74) is 6.91. The normalized spacial score (nSPS) is 13.8. The van der Waals surface area contributed by atoms with Crippen LogP contribution in [0.25, 0.3) is 16.3 Å². The van der Waals surface area contributed by atoms with Crippen molar-refractivity contribution in [1.29, 1.82) is 0 Å². The molecule has 0 heterocycles. The summed E-state index contributed by atoms with van der Waals surface area (Å²) in [6.45, 7) is 2.24. The molecule has 0 fully saturated rings. The molecule has 0 heteroatoms. The molecule has 0 saturated carbocycles. The summed E-state index contributed by atoms with van der Waals surface area (Å²) >= 11 is 0. The Labute approximate surface area is 125 Å². The topological polar surface area (TPSA) is 0 Å². The van der Waals surface area contributed by atoms with Gasteiger partial charge in [0.2, 0.25) is 0 Å². The second-order valence-corrected chi connectivity index (χ2v) is 5.51. The Morgan fingerprint density at radius 2 is 1.43 bits per heavy atom. The average molecular weight is 269 g/mol. The molecule has 1 aliphatic carbocycles. The van der Waals surface area contributed by atoms with Crippen molar-refractivity contribution in [3.63, 3.8) is 0 Å². The van der Waals surface area contributed by atoms with Gasteiger partial charge in [0.1, 0.15) is 0 Å². The molecule has 3 aromatic rings. The van der Waals surface area contributed by atoms with E-state index in [1.165, 1.54) is 38.6 Å².